The molecule has 0 atom stereocenters. The van der Waals surface area contributed by atoms with Crippen molar-refractivity contribution in [3.63, 3.8) is 0 Å². The van der Waals surface area contributed by atoms with Crippen molar-refractivity contribution in [2.45, 2.75) is 31.4 Å². The van der Waals surface area contributed by atoms with Crippen LogP contribution in [0.4, 0.5) is 0 Å². The molecule has 0 bridgehead atoms. The van der Waals surface area contributed by atoms with Gasteiger partial charge in [-0.25, -0.2) is 0 Å². The van der Waals surface area contributed by atoms with Crippen LogP contribution < -0.4 is 0 Å². The maximum absolute atomic E-state index is 6.30. The van der Waals surface area contributed by atoms with Crippen molar-refractivity contribution in [2.24, 2.45) is 0 Å². The largest absolute Gasteiger partial charge is 0.372 e. The van der Waals surface area contributed by atoms with Crippen LogP contribution in [0.25, 0.3) is 0 Å². The molecule has 0 N–H and O–H groups in total. The highest BCUT2D eigenvalue weighted by atomic mass is 35.5. The first-order valence-electron chi connectivity index (χ1n) is 9.84. The Kier molecular flexibility index (Phi) is 9.19. The fourth-order valence-electron chi connectivity index (χ4n) is 4.20. The molecule has 1 aromatic heterocycles. The number of morpholine rings is 1. The highest BCUT2D eigenvalue weighted by Gasteiger charge is 2.39. The molecule has 154 valence electrons. The third kappa shape index (κ3) is 6.16. The number of hydrogen-bond acceptors (Lipinski definition) is 4. The second-order valence-electron chi connectivity index (χ2n) is 7.64. The molecule has 2 aliphatic heterocycles. The van der Waals surface area contributed by atoms with E-state index < -0.39 is 0 Å². The molecule has 1 spiro atoms. The van der Waals surface area contributed by atoms with Gasteiger partial charge in [-0.2, -0.15) is 0 Å². The fraction of sp³-hybridized carbons (Fsp3) is 0.500. The van der Waals surface area contributed by atoms with Crippen LogP contribution in [0.15, 0.2) is 54.7 Å². The number of hydrogen-bond donors (Lipinski definition) is 0. The molecule has 4 nitrogen and oxygen atoms in total. The lowest BCUT2D eigenvalue weighted by Crippen LogP contribution is -2.56. The third-order valence-corrected chi connectivity index (χ3v) is 5.77. The molecule has 0 unspecified atom stereocenters. The topological polar surface area (TPSA) is 28.6 Å². The maximum atomic E-state index is 6.30. The van der Waals surface area contributed by atoms with Crippen LogP contribution in [-0.2, 0) is 17.7 Å². The molecule has 3 heterocycles. The summed E-state index contributed by atoms with van der Waals surface area (Å²) in [5.74, 6) is 0. The van der Waals surface area contributed by atoms with E-state index in [-0.39, 0.29) is 30.4 Å². The number of halogens is 2. The minimum absolute atomic E-state index is 0. The van der Waals surface area contributed by atoms with E-state index in [1.807, 2.05) is 12.3 Å². The standard InChI is InChI=1S/C22H29N3O.2ClH/c1-2-6-20(7-3-1)9-13-24-14-10-22(11-15-24)19-25(16-17-26-22)18-21-8-4-5-12-23-21;;/h1-8,12H,9-11,13-19H2;2*1H. The fourth-order valence-corrected chi connectivity index (χ4v) is 4.20. The lowest BCUT2D eigenvalue weighted by molar-refractivity contribution is -0.137. The Hall–Kier alpha value is -1.17. The van der Waals surface area contributed by atoms with E-state index in [2.05, 4.69) is 57.2 Å². The minimum atomic E-state index is 0. The van der Waals surface area contributed by atoms with Crippen LogP contribution in [0.3, 0.4) is 0 Å². The zero-order chi connectivity index (χ0) is 17.7. The molecule has 2 aromatic rings. The molecule has 4 rings (SSSR count). The second-order valence-corrected chi connectivity index (χ2v) is 7.64. The third-order valence-electron chi connectivity index (χ3n) is 5.77. The summed E-state index contributed by atoms with van der Waals surface area (Å²) in [4.78, 5) is 9.60. The molecule has 2 aliphatic rings. The van der Waals surface area contributed by atoms with Gasteiger partial charge in [-0.1, -0.05) is 36.4 Å². The second kappa shape index (κ2) is 11.1. The number of likely N-dealkylation sites (tertiary alicyclic amines) is 1. The van der Waals surface area contributed by atoms with Gasteiger partial charge in [0.15, 0.2) is 0 Å². The van der Waals surface area contributed by atoms with Gasteiger partial charge >= 0.3 is 0 Å². The SMILES string of the molecule is Cl.Cl.c1ccc(CCN2CCC3(CC2)CN(Cc2ccccn2)CCO3)cc1. The van der Waals surface area contributed by atoms with Crippen molar-refractivity contribution in [3.05, 3.63) is 66.0 Å². The van der Waals surface area contributed by atoms with Crippen molar-refractivity contribution in [3.8, 4) is 0 Å². The van der Waals surface area contributed by atoms with Crippen LogP contribution in [0.1, 0.15) is 24.1 Å². The predicted octanol–water partition coefficient (Wildman–Crippen LogP) is 3.83. The summed E-state index contributed by atoms with van der Waals surface area (Å²) in [5, 5.41) is 0. The van der Waals surface area contributed by atoms with Crippen LogP contribution in [0, 0.1) is 0 Å². The van der Waals surface area contributed by atoms with Gasteiger partial charge in [0.1, 0.15) is 0 Å². The number of aromatic nitrogens is 1. The van der Waals surface area contributed by atoms with Crippen molar-refractivity contribution >= 4 is 24.8 Å². The van der Waals surface area contributed by atoms with Gasteiger partial charge < -0.3 is 9.64 Å². The van der Waals surface area contributed by atoms with Crippen LogP contribution in [0.5, 0.6) is 0 Å². The molecule has 2 fully saturated rings. The summed E-state index contributed by atoms with van der Waals surface area (Å²) in [6.07, 6.45) is 5.30. The Morgan fingerprint density at radius 3 is 2.36 bits per heavy atom. The zero-order valence-electron chi connectivity index (χ0n) is 16.3. The number of benzene rings is 1. The number of rotatable bonds is 5. The van der Waals surface area contributed by atoms with Crippen molar-refractivity contribution in [1.82, 2.24) is 14.8 Å². The van der Waals surface area contributed by atoms with E-state index in [0.29, 0.717) is 0 Å². The van der Waals surface area contributed by atoms with Gasteiger partial charge in [-0.05, 0) is 37.0 Å². The quantitative estimate of drug-likeness (QED) is 0.730. The average Bonchev–Trinajstić information content (AvgIpc) is 2.69. The van der Waals surface area contributed by atoms with Crippen LogP contribution in [0.2, 0.25) is 0 Å². The lowest BCUT2D eigenvalue weighted by Gasteiger charge is -2.47. The van der Waals surface area contributed by atoms with E-state index in [9.17, 15) is 0 Å². The first kappa shape index (κ1) is 23.1. The highest BCUT2D eigenvalue weighted by molar-refractivity contribution is 5.85. The first-order chi connectivity index (χ1) is 12.8. The van der Waals surface area contributed by atoms with Gasteiger partial charge in [0, 0.05) is 45.5 Å². The number of pyridine rings is 1. The van der Waals surface area contributed by atoms with Gasteiger partial charge in [-0.15, -0.1) is 24.8 Å². The van der Waals surface area contributed by atoms with E-state index in [0.717, 1.165) is 70.8 Å². The summed E-state index contributed by atoms with van der Waals surface area (Å²) < 4.78 is 6.30. The van der Waals surface area contributed by atoms with E-state index in [1.54, 1.807) is 0 Å². The van der Waals surface area contributed by atoms with E-state index in [1.165, 1.54) is 5.56 Å². The molecule has 28 heavy (non-hydrogen) atoms. The Morgan fingerprint density at radius 2 is 1.64 bits per heavy atom. The molecule has 0 radical (unpaired) electrons. The Balaban J connectivity index is 0.00000140. The summed E-state index contributed by atoms with van der Waals surface area (Å²) in [6.45, 7) is 7.26. The number of nitrogens with zero attached hydrogens (tertiary/aromatic N) is 3. The molecule has 0 aliphatic carbocycles. The Morgan fingerprint density at radius 1 is 0.893 bits per heavy atom. The predicted molar refractivity (Wildman–Crippen MR) is 119 cm³/mol. The average molecular weight is 424 g/mol. The summed E-state index contributed by atoms with van der Waals surface area (Å²) >= 11 is 0. The number of piperidine rings is 1. The van der Waals surface area contributed by atoms with E-state index >= 15 is 0 Å². The van der Waals surface area contributed by atoms with Gasteiger partial charge in [0.05, 0.1) is 17.9 Å². The monoisotopic (exact) mass is 423 g/mol. The summed E-state index contributed by atoms with van der Waals surface area (Å²) in [5.41, 5.74) is 2.64. The smallest absolute Gasteiger partial charge is 0.0833 e. The highest BCUT2D eigenvalue weighted by Crippen LogP contribution is 2.30. The molecular formula is C22H31Cl2N3O. The Labute approximate surface area is 181 Å². The normalized spacial score (nSPS) is 19.6. The molecule has 6 heteroatoms. The summed E-state index contributed by atoms with van der Waals surface area (Å²) in [7, 11) is 0. The molecule has 0 amide bonds. The number of ether oxygens (including phenoxy) is 1. The zero-order valence-corrected chi connectivity index (χ0v) is 18.0. The Bertz CT molecular complexity index is 679. The lowest BCUT2D eigenvalue weighted by atomic mass is 9.89. The molecule has 2 saturated heterocycles. The van der Waals surface area contributed by atoms with E-state index in [4.69, 9.17) is 4.74 Å². The molecular weight excluding hydrogens is 393 g/mol. The molecule has 0 saturated carbocycles. The van der Waals surface area contributed by atoms with Crippen LogP contribution in [-0.4, -0.2) is 59.7 Å². The van der Waals surface area contributed by atoms with Gasteiger partial charge in [0.25, 0.3) is 0 Å². The van der Waals surface area contributed by atoms with Gasteiger partial charge in [-0.3, -0.25) is 9.88 Å². The van der Waals surface area contributed by atoms with Crippen molar-refractivity contribution < 1.29 is 4.74 Å². The van der Waals surface area contributed by atoms with Crippen molar-refractivity contribution in [1.29, 1.82) is 0 Å². The van der Waals surface area contributed by atoms with Crippen LogP contribution >= 0.6 is 24.8 Å². The maximum Gasteiger partial charge on any atom is 0.0833 e. The minimum Gasteiger partial charge on any atom is -0.372 e. The van der Waals surface area contributed by atoms with Crippen molar-refractivity contribution in [2.75, 3.05) is 39.3 Å². The first-order valence-corrected chi connectivity index (χ1v) is 9.84. The summed E-state index contributed by atoms with van der Waals surface area (Å²) in [6, 6.07) is 17.0. The molecule has 1 aromatic carbocycles. The van der Waals surface area contributed by atoms with Gasteiger partial charge in [0.2, 0.25) is 0 Å².